The molecule has 0 bridgehead atoms. The van der Waals surface area contributed by atoms with Gasteiger partial charge in [0.1, 0.15) is 0 Å². The standard InChI is InChI=1S/C18H22FNO/c1-4-13-6-8-14(9-7-13)17(5-2)20-15-10-11-18(21-3)16(19)12-15/h6-12,17,20H,4-5H2,1-3H3. The molecule has 0 saturated carbocycles. The number of benzene rings is 2. The first kappa shape index (κ1) is 15.4. The Morgan fingerprint density at radius 2 is 1.81 bits per heavy atom. The van der Waals surface area contributed by atoms with E-state index in [0.29, 0.717) is 0 Å². The van der Waals surface area contributed by atoms with Gasteiger partial charge in [-0.2, -0.15) is 0 Å². The quantitative estimate of drug-likeness (QED) is 0.810. The molecule has 2 nitrogen and oxygen atoms in total. The molecular formula is C18H22FNO. The average Bonchev–Trinajstić information content (AvgIpc) is 2.53. The summed E-state index contributed by atoms with van der Waals surface area (Å²) in [4.78, 5) is 0. The molecule has 2 aromatic carbocycles. The Morgan fingerprint density at radius 3 is 2.33 bits per heavy atom. The molecule has 0 aliphatic heterocycles. The van der Waals surface area contributed by atoms with Gasteiger partial charge in [-0.3, -0.25) is 0 Å². The number of anilines is 1. The van der Waals surface area contributed by atoms with Crippen molar-refractivity contribution in [1.29, 1.82) is 0 Å². The van der Waals surface area contributed by atoms with E-state index in [4.69, 9.17) is 4.74 Å². The molecule has 0 aliphatic rings. The summed E-state index contributed by atoms with van der Waals surface area (Å²) in [5.41, 5.74) is 3.30. The zero-order chi connectivity index (χ0) is 15.2. The molecule has 1 N–H and O–H groups in total. The molecule has 3 heteroatoms. The van der Waals surface area contributed by atoms with Gasteiger partial charge in [0.15, 0.2) is 11.6 Å². The Labute approximate surface area is 126 Å². The number of hydrogen-bond acceptors (Lipinski definition) is 2. The summed E-state index contributed by atoms with van der Waals surface area (Å²) >= 11 is 0. The van der Waals surface area contributed by atoms with Crippen molar-refractivity contribution in [2.45, 2.75) is 32.7 Å². The Bertz CT molecular complexity index is 580. The topological polar surface area (TPSA) is 21.3 Å². The second-order valence-corrected chi connectivity index (χ2v) is 5.05. The zero-order valence-electron chi connectivity index (χ0n) is 12.8. The molecule has 2 aromatic rings. The number of nitrogens with one attached hydrogen (secondary N) is 1. The number of rotatable bonds is 6. The minimum atomic E-state index is -0.348. The first-order chi connectivity index (χ1) is 10.2. The van der Waals surface area contributed by atoms with E-state index in [1.54, 1.807) is 6.07 Å². The van der Waals surface area contributed by atoms with Gasteiger partial charge in [-0.05, 0) is 36.1 Å². The highest BCUT2D eigenvalue weighted by Crippen LogP contribution is 2.26. The number of aryl methyl sites for hydroxylation is 1. The van der Waals surface area contributed by atoms with Crippen molar-refractivity contribution in [2.24, 2.45) is 0 Å². The maximum Gasteiger partial charge on any atom is 0.167 e. The number of halogens is 1. The van der Waals surface area contributed by atoms with Gasteiger partial charge in [0.2, 0.25) is 0 Å². The third-order valence-electron chi connectivity index (χ3n) is 3.69. The van der Waals surface area contributed by atoms with E-state index < -0.39 is 0 Å². The molecule has 0 aliphatic carbocycles. The van der Waals surface area contributed by atoms with Gasteiger partial charge < -0.3 is 10.1 Å². The highest BCUT2D eigenvalue weighted by Gasteiger charge is 2.10. The van der Waals surface area contributed by atoms with Crippen LogP contribution in [-0.2, 0) is 6.42 Å². The van der Waals surface area contributed by atoms with Crippen LogP contribution in [0.3, 0.4) is 0 Å². The normalized spacial score (nSPS) is 12.0. The van der Waals surface area contributed by atoms with Gasteiger partial charge in [0.25, 0.3) is 0 Å². The number of hydrogen-bond donors (Lipinski definition) is 1. The Balaban J connectivity index is 2.16. The van der Waals surface area contributed by atoms with Crippen LogP contribution in [0.2, 0.25) is 0 Å². The lowest BCUT2D eigenvalue weighted by Gasteiger charge is -2.19. The highest BCUT2D eigenvalue weighted by atomic mass is 19.1. The summed E-state index contributed by atoms with van der Waals surface area (Å²) in [6.07, 6.45) is 1.97. The number of ether oxygens (including phenoxy) is 1. The summed E-state index contributed by atoms with van der Waals surface area (Å²) in [5.74, 6) is -0.0837. The van der Waals surface area contributed by atoms with Gasteiger partial charge in [-0.15, -0.1) is 0 Å². The molecule has 112 valence electrons. The summed E-state index contributed by atoms with van der Waals surface area (Å²) < 4.78 is 18.7. The minimum absolute atomic E-state index is 0.170. The van der Waals surface area contributed by atoms with Crippen molar-refractivity contribution >= 4 is 5.69 Å². The van der Waals surface area contributed by atoms with Crippen LogP contribution in [0.25, 0.3) is 0 Å². The lowest BCUT2D eigenvalue weighted by Crippen LogP contribution is -2.10. The average molecular weight is 287 g/mol. The third kappa shape index (κ3) is 3.75. The molecule has 2 rings (SSSR count). The fraction of sp³-hybridized carbons (Fsp3) is 0.333. The highest BCUT2D eigenvalue weighted by molar-refractivity contribution is 5.49. The lowest BCUT2D eigenvalue weighted by atomic mass is 10.0. The van der Waals surface area contributed by atoms with Crippen LogP contribution < -0.4 is 10.1 Å². The van der Waals surface area contributed by atoms with Crippen LogP contribution in [0.1, 0.15) is 37.4 Å². The zero-order valence-corrected chi connectivity index (χ0v) is 12.8. The SMILES string of the molecule is CCc1ccc(C(CC)Nc2ccc(OC)c(F)c2)cc1. The van der Waals surface area contributed by atoms with E-state index in [9.17, 15) is 4.39 Å². The van der Waals surface area contributed by atoms with Gasteiger partial charge in [-0.25, -0.2) is 4.39 Å². The molecular weight excluding hydrogens is 265 g/mol. The van der Waals surface area contributed by atoms with E-state index in [1.807, 2.05) is 6.07 Å². The fourth-order valence-corrected chi connectivity index (χ4v) is 2.36. The second kappa shape index (κ2) is 7.11. The molecule has 21 heavy (non-hydrogen) atoms. The van der Waals surface area contributed by atoms with E-state index in [-0.39, 0.29) is 17.6 Å². The summed E-state index contributed by atoms with van der Waals surface area (Å²) in [6, 6.07) is 13.7. The van der Waals surface area contributed by atoms with Crippen molar-refractivity contribution < 1.29 is 9.13 Å². The fourth-order valence-electron chi connectivity index (χ4n) is 2.36. The monoisotopic (exact) mass is 287 g/mol. The maximum absolute atomic E-state index is 13.7. The van der Waals surface area contributed by atoms with Crippen LogP contribution >= 0.6 is 0 Å². The molecule has 0 heterocycles. The maximum atomic E-state index is 13.7. The van der Waals surface area contributed by atoms with E-state index >= 15 is 0 Å². The van der Waals surface area contributed by atoms with Crippen LogP contribution in [0.15, 0.2) is 42.5 Å². The van der Waals surface area contributed by atoms with Gasteiger partial charge >= 0.3 is 0 Å². The predicted octanol–water partition coefficient (Wildman–Crippen LogP) is 4.96. The van der Waals surface area contributed by atoms with Crippen molar-refractivity contribution in [1.82, 2.24) is 0 Å². The first-order valence-electron chi connectivity index (χ1n) is 7.36. The Morgan fingerprint density at radius 1 is 1.10 bits per heavy atom. The van der Waals surface area contributed by atoms with Crippen LogP contribution in [0.4, 0.5) is 10.1 Å². The van der Waals surface area contributed by atoms with Crippen molar-refractivity contribution in [3.05, 3.63) is 59.4 Å². The minimum Gasteiger partial charge on any atom is -0.494 e. The van der Waals surface area contributed by atoms with Gasteiger partial charge in [0, 0.05) is 11.8 Å². The summed E-state index contributed by atoms with van der Waals surface area (Å²) in [5, 5.41) is 3.38. The van der Waals surface area contributed by atoms with E-state index in [0.717, 1.165) is 18.5 Å². The van der Waals surface area contributed by atoms with E-state index in [1.165, 1.54) is 24.3 Å². The second-order valence-electron chi connectivity index (χ2n) is 5.05. The summed E-state index contributed by atoms with van der Waals surface area (Å²) in [6.45, 7) is 4.26. The molecule has 0 radical (unpaired) electrons. The first-order valence-corrected chi connectivity index (χ1v) is 7.36. The van der Waals surface area contributed by atoms with Gasteiger partial charge in [0.05, 0.1) is 13.2 Å². The number of methoxy groups -OCH3 is 1. The molecule has 1 unspecified atom stereocenters. The van der Waals surface area contributed by atoms with Gasteiger partial charge in [-0.1, -0.05) is 38.1 Å². The largest absolute Gasteiger partial charge is 0.494 e. The molecule has 0 fully saturated rings. The van der Waals surface area contributed by atoms with Crippen LogP contribution in [0.5, 0.6) is 5.75 Å². The van der Waals surface area contributed by atoms with Crippen LogP contribution in [-0.4, -0.2) is 7.11 Å². The predicted molar refractivity (Wildman–Crippen MR) is 85.4 cm³/mol. The Hall–Kier alpha value is -2.03. The molecule has 0 amide bonds. The molecule has 0 saturated heterocycles. The smallest absolute Gasteiger partial charge is 0.167 e. The van der Waals surface area contributed by atoms with E-state index in [2.05, 4.69) is 43.4 Å². The van der Waals surface area contributed by atoms with Crippen molar-refractivity contribution in [2.75, 3.05) is 12.4 Å². The Kier molecular flexibility index (Phi) is 5.20. The molecule has 1 atom stereocenters. The third-order valence-corrected chi connectivity index (χ3v) is 3.69. The van der Waals surface area contributed by atoms with Crippen molar-refractivity contribution in [3.8, 4) is 5.75 Å². The molecule has 0 spiro atoms. The summed E-state index contributed by atoms with van der Waals surface area (Å²) in [7, 11) is 1.47. The van der Waals surface area contributed by atoms with Crippen molar-refractivity contribution in [3.63, 3.8) is 0 Å². The van der Waals surface area contributed by atoms with Crippen LogP contribution in [0, 0.1) is 5.82 Å². The lowest BCUT2D eigenvalue weighted by molar-refractivity contribution is 0.386. The molecule has 0 aromatic heterocycles.